The molecule has 6 rings (SSSR count). The Labute approximate surface area is 266 Å². The van der Waals surface area contributed by atoms with Crippen LogP contribution in [0.3, 0.4) is 0 Å². The number of hydrogen-bond donors (Lipinski definition) is 2. The normalized spacial score (nSPS) is 23.6. The van der Waals surface area contributed by atoms with Crippen molar-refractivity contribution in [1.29, 1.82) is 5.26 Å². The lowest BCUT2D eigenvalue weighted by molar-refractivity contribution is 0.0827. The van der Waals surface area contributed by atoms with Crippen molar-refractivity contribution in [3.8, 4) is 6.07 Å². The molecule has 3 aliphatic rings. The minimum absolute atomic E-state index is 0.0153. The summed E-state index contributed by atoms with van der Waals surface area (Å²) in [6, 6.07) is 15.7. The van der Waals surface area contributed by atoms with E-state index < -0.39 is 5.41 Å². The third kappa shape index (κ3) is 5.42. The number of likely N-dealkylation sites (tertiary alicyclic amines) is 1. The number of nitrogens with one attached hydrogen (secondary N) is 2. The van der Waals surface area contributed by atoms with Gasteiger partial charge in [0, 0.05) is 63.8 Å². The Morgan fingerprint density at radius 1 is 1.09 bits per heavy atom. The molecule has 2 fully saturated rings. The highest BCUT2D eigenvalue weighted by Gasteiger charge is 2.52. The molecule has 1 aromatic heterocycles. The highest BCUT2D eigenvalue weighted by atomic mass is 16.2. The van der Waals surface area contributed by atoms with Gasteiger partial charge in [-0.05, 0) is 91.0 Å². The van der Waals surface area contributed by atoms with Gasteiger partial charge in [0.15, 0.2) is 0 Å². The lowest BCUT2D eigenvalue weighted by atomic mass is 9.67. The number of carbonyl (C=O) groups excluding carboxylic acids is 1. The molecule has 2 aliphatic carbocycles. The van der Waals surface area contributed by atoms with Crippen LogP contribution in [0.5, 0.6) is 0 Å². The van der Waals surface area contributed by atoms with Gasteiger partial charge in [-0.1, -0.05) is 31.4 Å². The first-order valence-corrected chi connectivity index (χ1v) is 15.8. The van der Waals surface area contributed by atoms with E-state index in [-0.39, 0.29) is 18.0 Å². The number of nitriles is 1. The van der Waals surface area contributed by atoms with Crippen LogP contribution in [0, 0.1) is 17.2 Å². The molecule has 0 radical (unpaired) electrons. The summed E-state index contributed by atoms with van der Waals surface area (Å²) in [5, 5.41) is 21.1. The van der Waals surface area contributed by atoms with E-state index in [0.717, 1.165) is 59.6 Å². The molecule has 1 amide bonds. The highest BCUT2D eigenvalue weighted by Crippen LogP contribution is 2.50. The topological polar surface area (TPSA) is 104 Å². The Hall–Kier alpha value is -4.42. The summed E-state index contributed by atoms with van der Waals surface area (Å²) in [6.07, 6.45) is 5.98. The first-order chi connectivity index (χ1) is 21.5. The molecule has 1 saturated carbocycles. The SMILES string of the molecule is C=C(c1ccc2c(c1)CCc1cc(C(=O)N(C)C)ccc1C2(C[C@@H](C)NCC(=C)N1C(C#N)C[C@@H]2CC21)c1ncn[nH]1)N(C)C. The van der Waals surface area contributed by atoms with E-state index in [1.165, 1.54) is 11.1 Å². The molecule has 45 heavy (non-hydrogen) atoms. The van der Waals surface area contributed by atoms with Crippen molar-refractivity contribution < 1.29 is 4.79 Å². The van der Waals surface area contributed by atoms with Crippen molar-refractivity contribution in [1.82, 2.24) is 35.2 Å². The predicted molar refractivity (Wildman–Crippen MR) is 176 cm³/mol. The van der Waals surface area contributed by atoms with E-state index in [0.29, 0.717) is 30.5 Å². The van der Waals surface area contributed by atoms with Crippen molar-refractivity contribution in [3.05, 3.63) is 101 Å². The first-order valence-electron chi connectivity index (χ1n) is 15.8. The standard InChI is InChI=1S/C36H44N8O/c1-22(38-20-23(2)44-30(19-37)16-29-17-33(29)44)18-36(35-39-21-40-41-35)31-12-10-25(24(3)42(4)5)14-26(31)8-9-27-15-28(11-13-32(27)36)34(45)43(6)7/h10-15,21-22,29-30,33,38H,2-3,8-9,16-18,20H2,1,4-7H3,(H,39,40,41)/t22-,29-,30?,33?,36?/m1/s1. The Morgan fingerprint density at radius 3 is 2.36 bits per heavy atom. The molecule has 0 spiro atoms. The molecule has 3 unspecified atom stereocenters. The molecule has 2 N–H and O–H groups in total. The van der Waals surface area contributed by atoms with Gasteiger partial charge in [0.2, 0.25) is 0 Å². The number of aromatic amines is 1. The molecule has 9 heteroatoms. The van der Waals surface area contributed by atoms with Gasteiger partial charge in [0.1, 0.15) is 18.2 Å². The van der Waals surface area contributed by atoms with Crippen LogP contribution < -0.4 is 5.32 Å². The monoisotopic (exact) mass is 604 g/mol. The minimum Gasteiger partial charge on any atom is -0.378 e. The minimum atomic E-state index is -0.659. The number of H-pyrrole nitrogens is 1. The summed E-state index contributed by atoms with van der Waals surface area (Å²) in [5.41, 5.74) is 7.70. The molecule has 234 valence electrons. The molecule has 2 heterocycles. The number of aromatic nitrogens is 3. The number of hydrogen-bond acceptors (Lipinski definition) is 7. The van der Waals surface area contributed by atoms with E-state index in [9.17, 15) is 10.1 Å². The van der Waals surface area contributed by atoms with E-state index >= 15 is 0 Å². The van der Waals surface area contributed by atoms with Crippen molar-refractivity contribution in [2.75, 3.05) is 34.7 Å². The highest BCUT2D eigenvalue weighted by molar-refractivity contribution is 5.94. The number of piperidine rings is 1. The van der Waals surface area contributed by atoms with Crippen molar-refractivity contribution >= 4 is 11.6 Å². The van der Waals surface area contributed by atoms with Crippen LogP contribution in [0.4, 0.5) is 0 Å². The van der Waals surface area contributed by atoms with E-state index in [4.69, 9.17) is 4.98 Å². The zero-order valence-electron chi connectivity index (χ0n) is 27.1. The Bertz CT molecular complexity index is 1590. The smallest absolute Gasteiger partial charge is 0.253 e. The van der Waals surface area contributed by atoms with E-state index in [1.54, 1.807) is 25.3 Å². The predicted octanol–water partition coefficient (Wildman–Crippen LogP) is 4.34. The van der Waals surface area contributed by atoms with Gasteiger partial charge in [0.25, 0.3) is 5.91 Å². The molecule has 1 aliphatic heterocycles. The maximum atomic E-state index is 13.1. The summed E-state index contributed by atoms with van der Waals surface area (Å²) < 4.78 is 0. The number of amides is 1. The third-order valence-corrected chi connectivity index (χ3v) is 10.0. The number of benzene rings is 2. The second-order valence-corrected chi connectivity index (χ2v) is 13.4. The summed E-state index contributed by atoms with van der Waals surface area (Å²) >= 11 is 0. The summed E-state index contributed by atoms with van der Waals surface area (Å²) in [7, 11) is 7.59. The molecule has 0 bridgehead atoms. The third-order valence-electron chi connectivity index (χ3n) is 10.0. The lowest BCUT2D eigenvalue weighted by Gasteiger charge is -2.38. The summed E-state index contributed by atoms with van der Waals surface area (Å²) in [6.45, 7) is 11.5. The van der Waals surface area contributed by atoms with Crippen LogP contribution in [0.2, 0.25) is 0 Å². The maximum absolute atomic E-state index is 13.1. The largest absolute Gasteiger partial charge is 0.378 e. The zero-order chi connectivity index (χ0) is 32.0. The number of rotatable bonds is 10. The van der Waals surface area contributed by atoms with Crippen LogP contribution in [-0.2, 0) is 18.3 Å². The van der Waals surface area contributed by atoms with Crippen LogP contribution in [-0.4, -0.2) is 88.6 Å². The van der Waals surface area contributed by atoms with Gasteiger partial charge in [-0.25, -0.2) is 4.98 Å². The van der Waals surface area contributed by atoms with Gasteiger partial charge >= 0.3 is 0 Å². The van der Waals surface area contributed by atoms with E-state index in [1.807, 2.05) is 25.1 Å². The Morgan fingerprint density at radius 2 is 1.76 bits per heavy atom. The lowest BCUT2D eigenvalue weighted by Crippen LogP contribution is -2.42. The first kappa shape index (κ1) is 30.6. The number of aryl methyl sites for hydroxylation is 2. The van der Waals surface area contributed by atoms with E-state index in [2.05, 4.69) is 76.9 Å². The number of fused-ring (bicyclic) bond motifs is 3. The van der Waals surface area contributed by atoms with Crippen molar-refractivity contribution in [2.45, 2.75) is 62.6 Å². The molecule has 9 nitrogen and oxygen atoms in total. The molecule has 3 aromatic rings. The second-order valence-electron chi connectivity index (χ2n) is 13.4. The molecule has 5 atom stereocenters. The van der Waals surface area contributed by atoms with Crippen molar-refractivity contribution in [2.24, 2.45) is 5.92 Å². The van der Waals surface area contributed by atoms with Gasteiger partial charge in [-0.15, -0.1) is 0 Å². The summed E-state index contributed by atoms with van der Waals surface area (Å²) in [4.78, 5) is 23.8. The average molecular weight is 605 g/mol. The van der Waals surface area contributed by atoms with Crippen LogP contribution in [0.1, 0.15) is 70.2 Å². The quantitative estimate of drug-likeness (QED) is 0.355. The van der Waals surface area contributed by atoms with Gasteiger partial charge in [-0.3, -0.25) is 9.89 Å². The fourth-order valence-corrected chi connectivity index (χ4v) is 7.60. The molecular weight excluding hydrogens is 560 g/mol. The zero-order valence-corrected chi connectivity index (χ0v) is 27.1. The van der Waals surface area contributed by atoms with Gasteiger partial charge < -0.3 is 20.0 Å². The molecular formula is C36H44N8O. The van der Waals surface area contributed by atoms with Gasteiger partial charge in [-0.2, -0.15) is 10.4 Å². The summed E-state index contributed by atoms with van der Waals surface area (Å²) in [5.74, 6) is 1.39. The Balaban J connectivity index is 1.42. The molecule has 2 aromatic carbocycles. The number of nitrogens with zero attached hydrogens (tertiary/aromatic N) is 6. The maximum Gasteiger partial charge on any atom is 0.253 e. The second kappa shape index (κ2) is 11.8. The fourth-order valence-electron chi connectivity index (χ4n) is 7.60. The van der Waals surface area contributed by atoms with Crippen LogP contribution in [0.25, 0.3) is 5.70 Å². The number of carbonyl (C=O) groups is 1. The fraction of sp³-hybridized carbons (Fsp3) is 0.444. The average Bonchev–Trinajstić information content (AvgIpc) is 3.42. The van der Waals surface area contributed by atoms with Crippen LogP contribution >= 0.6 is 0 Å². The van der Waals surface area contributed by atoms with Crippen molar-refractivity contribution in [3.63, 3.8) is 0 Å². The van der Waals surface area contributed by atoms with Crippen LogP contribution in [0.15, 0.2) is 61.6 Å². The van der Waals surface area contributed by atoms with Gasteiger partial charge in [0.05, 0.1) is 11.5 Å². The molecule has 1 saturated heterocycles. The Kier molecular flexibility index (Phi) is 8.04.